The average molecular weight is 290 g/mol. The Morgan fingerprint density at radius 1 is 1.10 bits per heavy atom. The topological polar surface area (TPSA) is 21.3 Å². The lowest BCUT2D eigenvalue weighted by Gasteiger charge is -2.09. The first-order chi connectivity index (χ1) is 9.78. The number of anilines is 1. The Labute approximate surface area is 125 Å². The largest absolute Gasteiger partial charge is 0.492 e. The van der Waals surface area contributed by atoms with Gasteiger partial charge in [-0.05, 0) is 42.3 Å². The molecule has 0 heterocycles. The minimum absolute atomic E-state index is 0.625. The van der Waals surface area contributed by atoms with Gasteiger partial charge in [-0.3, -0.25) is 0 Å². The summed E-state index contributed by atoms with van der Waals surface area (Å²) in [5.41, 5.74) is 2.37. The zero-order valence-electron chi connectivity index (χ0n) is 11.7. The molecule has 2 aromatic rings. The van der Waals surface area contributed by atoms with Gasteiger partial charge in [0, 0.05) is 17.3 Å². The van der Waals surface area contributed by atoms with Gasteiger partial charge in [0.25, 0.3) is 0 Å². The molecule has 2 rings (SSSR count). The average Bonchev–Trinajstić information content (AvgIpc) is 2.46. The van der Waals surface area contributed by atoms with Crippen LogP contribution in [0, 0.1) is 0 Å². The molecule has 106 valence electrons. The first-order valence-electron chi connectivity index (χ1n) is 6.99. The molecular formula is C17H20ClNO. The second-order valence-electron chi connectivity index (χ2n) is 4.68. The van der Waals surface area contributed by atoms with E-state index in [1.165, 1.54) is 12.0 Å². The summed E-state index contributed by atoms with van der Waals surface area (Å²) in [7, 11) is 0. The summed E-state index contributed by atoms with van der Waals surface area (Å²) >= 11 is 5.92. The van der Waals surface area contributed by atoms with Crippen LogP contribution < -0.4 is 10.1 Å². The molecular weight excluding hydrogens is 270 g/mol. The molecule has 3 heteroatoms. The minimum Gasteiger partial charge on any atom is -0.492 e. The molecule has 0 fully saturated rings. The van der Waals surface area contributed by atoms with E-state index in [-0.39, 0.29) is 0 Å². The number of hydrogen-bond acceptors (Lipinski definition) is 2. The highest BCUT2D eigenvalue weighted by Gasteiger charge is 1.96. The van der Waals surface area contributed by atoms with Crippen LogP contribution in [0.15, 0.2) is 48.5 Å². The molecule has 2 aromatic carbocycles. The highest BCUT2D eigenvalue weighted by atomic mass is 35.5. The van der Waals surface area contributed by atoms with E-state index in [4.69, 9.17) is 16.3 Å². The third kappa shape index (κ3) is 4.78. The van der Waals surface area contributed by atoms with Crippen LogP contribution in [-0.4, -0.2) is 13.2 Å². The fourth-order valence-corrected chi connectivity index (χ4v) is 2.19. The van der Waals surface area contributed by atoms with Crippen LogP contribution >= 0.6 is 11.6 Å². The van der Waals surface area contributed by atoms with Gasteiger partial charge in [0.1, 0.15) is 12.4 Å². The fourth-order valence-electron chi connectivity index (χ4n) is 2.00. The normalized spacial score (nSPS) is 10.3. The number of halogens is 1. The van der Waals surface area contributed by atoms with Crippen LogP contribution in [0.3, 0.4) is 0 Å². The van der Waals surface area contributed by atoms with Gasteiger partial charge in [0.05, 0.1) is 0 Å². The van der Waals surface area contributed by atoms with E-state index in [0.29, 0.717) is 6.61 Å². The summed E-state index contributed by atoms with van der Waals surface area (Å²) in [6.45, 7) is 3.56. The van der Waals surface area contributed by atoms with E-state index in [9.17, 15) is 0 Å². The molecule has 2 nitrogen and oxygen atoms in total. The van der Waals surface area contributed by atoms with Crippen molar-refractivity contribution in [1.82, 2.24) is 0 Å². The summed E-state index contributed by atoms with van der Waals surface area (Å²) < 4.78 is 5.70. The third-order valence-corrected chi connectivity index (χ3v) is 3.22. The van der Waals surface area contributed by atoms with E-state index < -0.39 is 0 Å². The maximum Gasteiger partial charge on any atom is 0.119 e. The zero-order chi connectivity index (χ0) is 14.2. The molecule has 0 atom stereocenters. The van der Waals surface area contributed by atoms with Crippen molar-refractivity contribution < 1.29 is 4.74 Å². The monoisotopic (exact) mass is 289 g/mol. The number of aryl methyl sites for hydroxylation is 1. The van der Waals surface area contributed by atoms with Gasteiger partial charge < -0.3 is 10.1 Å². The Morgan fingerprint density at radius 3 is 2.60 bits per heavy atom. The first kappa shape index (κ1) is 14.7. The Kier molecular flexibility index (Phi) is 5.75. The SMILES string of the molecule is CCCc1ccc(OCCNc2cccc(Cl)c2)cc1. The predicted molar refractivity (Wildman–Crippen MR) is 85.9 cm³/mol. The molecule has 0 spiro atoms. The molecule has 0 aliphatic carbocycles. The predicted octanol–water partition coefficient (Wildman–Crippen LogP) is 4.78. The van der Waals surface area contributed by atoms with Gasteiger partial charge in [0.15, 0.2) is 0 Å². The molecule has 0 radical (unpaired) electrons. The van der Waals surface area contributed by atoms with Crippen molar-refractivity contribution >= 4 is 17.3 Å². The second-order valence-corrected chi connectivity index (χ2v) is 5.12. The Balaban J connectivity index is 1.73. The highest BCUT2D eigenvalue weighted by molar-refractivity contribution is 6.30. The summed E-state index contributed by atoms with van der Waals surface area (Å²) in [5, 5.41) is 4.02. The third-order valence-electron chi connectivity index (χ3n) is 2.99. The van der Waals surface area contributed by atoms with E-state index in [0.717, 1.165) is 29.4 Å². The molecule has 0 saturated carbocycles. The van der Waals surface area contributed by atoms with Crippen molar-refractivity contribution in [3.63, 3.8) is 0 Å². The van der Waals surface area contributed by atoms with Crippen molar-refractivity contribution in [1.29, 1.82) is 0 Å². The molecule has 0 amide bonds. The van der Waals surface area contributed by atoms with Crippen molar-refractivity contribution in [3.8, 4) is 5.75 Å². The van der Waals surface area contributed by atoms with Crippen molar-refractivity contribution in [3.05, 3.63) is 59.1 Å². The maximum absolute atomic E-state index is 5.92. The first-order valence-corrected chi connectivity index (χ1v) is 7.37. The molecule has 0 unspecified atom stereocenters. The number of hydrogen-bond donors (Lipinski definition) is 1. The van der Waals surface area contributed by atoms with Gasteiger partial charge in [-0.1, -0.05) is 43.1 Å². The van der Waals surface area contributed by atoms with E-state index in [2.05, 4.69) is 24.4 Å². The second kappa shape index (κ2) is 7.81. The van der Waals surface area contributed by atoms with E-state index in [1.807, 2.05) is 36.4 Å². The summed E-state index contributed by atoms with van der Waals surface area (Å²) in [6, 6.07) is 16.0. The fraction of sp³-hybridized carbons (Fsp3) is 0.294. The highest BCUT2D eigenvalue weighted by Crippen LogP contribution is 2.15. The minimum atomic E-state index is 0.625. The number of rotatable bonds is 7. The molecule has 20 heavy (non-hydrogen) atoms. The van der Waals surface area contributed by atoms with Crippen LogP contribution in [-0.2, 0) is 6.42 Å². The lowest BCUT2D eigenvalue weighted by molar-refractivity contribution is 0.333. The Hall–Kier alpha value is -1.67. The lowest BCUT2D eigenvalue weighted by atomic mass is 10.1. The standard InChI is InChI=1S/C17H20ClNO/c1-2-4-14-7-9-17(10-8-14)20-12-11-19-16-6-3-5-15(18)13-16/h3,5-10,13,19H,2,4,11-12H2,1H3. The van der Waals surface area contributed by atoms with Gasteiger partial charge in [-0.25, -0.2) is 0 Å². The van der Waals surface area contributed by atoms with Gasteiger partial charge in [-0.2, -0.15) is 0 Å². The van der Waals surface area contributed by atoms with Crippen LogP contribution in [0.25, 0.3) is 0 Å². The van der Waals surface area contributed by atoms with Crippen molar-refractivity contribution in [2.24, 2.45) is 0 Å². The summed E-state index contributed by atoms with van der Waals surface area (Å²) in [4.78, 5) is 0. The summed E-state index contributed by atoms with van der Waals surface area (Å²) in [5.74, 6) is 0.915. The number of nitrogens with one attached hydrogen (secondary N) is 1. The van der Waals surface area contributed by atoms with Gasteiger partial charge in [0.2, 0.25) is 0 Å². The van der Waals surface area contributed by atoms with Crippen LogP contribution in [0.5, 0.6) is 5.75 Å². The van der Waals surface area contributed by atoms with Crippen molar-refractivity contribution in [2.45, 2.75) is 19.8 Å². The van der Waals surface area contributed by atoms with E-state index >= 15 is 0 Å². The van der Waals surface area contributed by atoms with E-state index in [1.54, 1.807) is 0 Å². The Morgan fingerprint density at radius 2 is 1.90 bits per heavy atom. The summed E-state index contributed by atoms with van der Waals surface area (Å²) in [6.07, 6.45) is 2.29. The van der Waals surface area contributed by atoms with Gasteiger partial charge in [-0.15, -0.1) is 0 Å². The molecule has 0 saturated heterocycles. The maximum atomic E-state index is 5.92. The van der Waals surface area contributed by atoms with Crippen LogP contribution in [0.1, 0.15) is 18.9 Å². The molecule has 0 aliphatic heterocycles. The number of ether oxygens (including phenoxy) is 1. The molecule has 0 aromatic heterocycles. The van der Waals surface area contributed by atoms with Crippen LogP contribution in [0.4, 0.5) is 5.69 Å². The molecule has 0 bridgehead atoms. The lowest BCUT2D eigenvalue weighted by Crippen LogP contribution is -2.11. The number of benzene rings is 2. The molecule has 1 N–H and O–H groups in total. The zero-order valence-corrected chi connectivity index (χ0v) is 12.5. The Bertz CT molecular complexity index is 525. The molecule has 0 aliphatic rings. The smallest absolute Gasteiger partial charge is 0.119 e. The van der Waals surface area contributed by atoms with Crippen LogP contribution in [0.2, 0.25) is 5.02 Å². The van der Waals surface area contributed by atoms with Gasteiger partial charge >= 0.3 is 0 Å². The quantitative estimate of drug-likeness (QED) is 0.740. The van der Waals surface area contributed by atoms with Crippen molar-refractivity contribution in [2.75, 3.05) is 18.5 Å².